The second-order valence-corrected chi connectivity index (χ2v) is 2.35. The molecule has 1 aromatic rings. The molecule has 2 heteroatoms. The molecular formula is C7H7BN. The van der Waals surface area contributed by atoms with E-state index in [9.17, 15) is 0 Å². The van der Waals surface area contributed by atoms with E-state index < -0.39 is 0 Å². The highest BCUT2D eigenvalue weighted by atomic mass is 14.7. The molecule has 1 aliphatic rings. The summed E-state index contributed by atoms with van der Waals surface area (Å²) < 4.78 is 0. The molecular weight excluding hydrogens is 109 g/mol. The molecule has 0 aromatic carbocycles. The third-order valence-electron chi connectivity index (χ3n) is 1.55. The van der Waals surface area contributed by atoms with Gasteiger partial charge in [-0.25, -0.2) is 0 Å². The van der Waals surface area contributed by atoms with E-state index >= 15 is 0 Å². The molecule has 0 spiro atoms. The summed E-state index contributed by atoms with van der Waals surface area (Å²) in [7, 11) is 2.11. The lowest BCUT2D eigenvalue weighted by Gasteiger charge is -1.81. The maximum Gasteiger partial charge on any atom is 0.184 e. The lowest BCUT2D eigenvalue weighted by molar-refractivity contribution is 1.25. The highest BCUT2D eigenvalue weighted by molar-refractivity contribution is 6.62. The molecule has 0 unspecified atom stereocenters. The molecule has 0 bridgehead atoms. The van der Waals surface area contributed by atoms with Crippen LogP contribution in [0.4, 0.5) is 0 Å². The number of fused-ring (bicyclic) bond motifs is 1. The van der Waals surface area contributed by atoms with E-state index in [0.29, 0.717) is 0 Å². The number of H-pyrrole nitrogens is 1. The van der Waals surface area contributed by atoms with Crippen LogP contribution in [0.25, 0.3) is 6.08 Å². The number of aromatic nitrogens is 1. The number of rotatable bonds is 0. The first kappa shape index (κ1) is 4.92. The van der Waals surface area contributed by atoms with E-state index in [4.69, 9.17) is 0 Å². The van der Waals surface area contributed by atoms with Crippen LogP contribution in [0.2, 0.25) is 0 Å². The summed E-state index contributed by atoms with van der Waals surface area (Å²) in [6.45, 7) is 2.07. The molecule has 2 heterocycles. The van der Waals surface area contributed by atoms with Crippen molar-refractivity contribution in [1.82, 2.24) is 4.98 Å². The SMILES string of the molecule is Cc1cc2c([nH]1)C=C[B]2. The van der Waals surface area contributed by atoms with Gasteiger partial charge in [-0.3, -0.25) is 0 Å². The van der Waals surface area contributed by atoms with E-state index in [2.05, 4.69) is 37.3 Å². The average Bonchev–Trinajstić information content (AvgIpc) is 2.22. The summed E-state index contributed by atoms with van der Waals surface area (Å²) in [5, 5.41) is 0. The highest BCUT2D eigenvalue weighted by Gasteiger charge is 2.06. The van der Waals surface area contributed by atoms with Crippen LogP contribution in [0, 0.1) is 6.92 Å². The summed E-state index contributed by atoms with van der Waals surface area (Å²) in [6.07, 6.45) is 2.09. The van der Waals surface area contributed by atoms with Gasteiger partial charge >= 0.3 is 0 Å². The van der Waals surface area contributed by atoms with Crippen LogP contribution in [0.1, 0.15) is 11.4 Å². The second kappa shape index (κ2) is 1.53. The molecule has 1 radical (unpaired) electrons. The molecule has 0 atom stereocenters. The van der Waals surface area contributed by atoms with Crippen LogP contribution in [0.15, 0.2) is 12.0 Å². The number of aryl methyl sites for hydroxylation is 1. The zero-order valence-corrected chi connectivity index (χ0v) is 5.31. The lowest BCUT2D eigenvalue weighted by atomic mass is 9.75. The van der Waals surface area contributed by atoms with Gasteiger partial charge in [-0.15, -0.1) is 5.98 Å². The zero-order chi connectivity index (χ0) is 6.27. The summed E-state index contributed by atoms with van der Waals surface area (Å²) >= 11 is 0. The van der Waals surface area contributed by atoms with E-state index in [0.717, 1.165) is 0 Å². The van der Waals surface area contributed by atoms with E-state index in [1.807, 2.05) is 0 Å². The van der Waals surface area contributed by atoms with Crippen LogP contribution in [0.3, 0.4) is 0 Å². The predicted molar refractivity (Wildman–Crippen MR) is 40.0 cm³/mol. The molecule has 0 saturated heterocycles. The van der Waals surface area contributed by atoms with Gasteiger partial charge in [-0.2, -0.15) is 0 Å². The lowest BCUT2D eigenvalue weighted by Crippen LogP contribution is -2.06. The van der Waals surface area contributed by atoms with Gasteiger partial charge in [0, 0.05) is 11.4 Å². The van der Waals surface area contributed by atoms with Crippen molar-refractivity contribution in [2.45, 2.75) is 6.92 Å². The number of nitrogens with one attached hydrogen (secondary N) is 1. The Morgan fingerprint density at radius 1 is 1.56 bits per heavy atom. The molecule has 1 nitrogen and oxygen atoms in total. The van der Waals surface area contributed by atoms with Crippen molar-refractivity contribution in [3.8, 4) is 0 Å². The van der Waals surface area contributed by atoms with Crippen molar-refractivity contribution in [3.05, 3.63) is 23.4 Å². The third kappa shape index (κ3) is 0.628. The molecule has 1 N–H and O–H groups in total. The van der Waals surface area contributed by atoms with Gasteiger partial charge in [0.2, 0.25) is 0 Å². The molecule has 0 saturated carbocycles. The third-order valence-corrected chi connectivity index (χ3v) is 1.55. The van der Waals surface area contributed by atoms with Crippen LogP contribution < -0.4 is 5.46 Å². The molecule has 43 valence electrons. The summed E-state index contributed by atoms with van der Waals surface area (Å²) in [4.78, 5) is 3.24. The van der Waals surface area contributed by atoms with Crippen molar-refractivity contribution in [2.75, 3.05) is 0 Å². The Balaban J connectivity index is 2.61. The fourth-order valence-electron chi connectivity index (χ4n) is 1.16. The quantitative estimate of drug-likeness (QED) is 0.478. The summed E-state index contributed by atoms with van der Waals surface area (Å²) in [5.41, 5.74) is 3.79. The number of hydrogen-bond donors (Lipinski definition) is 1. The number of aromatic amines is 1. The highest BCUT2D eigenvalue weighted by Crippen LogP contribution is 2.04. The van der Waals surface area contributed by atoms with Crippen molar-refractivity contribution in [3.63, 3.8) is 0 Å². The molecule has 1 aliphatic heterocycles. The zero-order valence-electron chi connectivity index (χ0n) is 5.31. The van der Waals surface area contributed by atoms with Gasteiger partial charge in [0.25, 0.3) is 0 Å². The molecule has 0 aliphatic carbocycles. The summed E-state index contributed by atoms with van der Waals surface area (Å²) in [5.74, 6) is 2.06. The van der Waals surface area contributed by atoms with Crippen molar-refractivity contribution in [2.24, 2.45) is 0 Å². The Hall–Kier alpha value is -0.915. The normalized spacial score (nSPS) is 13.4. The molecule has 1 aromatic heterocycles. The first-order valence-electron chi connectivity index (χ1n) is 3.07. The Labute approximate surface area is 55.0 Å². The Bertz CT molecular complexity index is 260. The van der Waals surface area contributed by atoms with Crippen LogP contribution in [-0.4, -0.2) is 12.3 Å². The standard InChI is InChI=1S/C7H7BN/c1-5-4-6-7(9-5)2-3-8-6/h2-4,9H,1H3. The van der Waals surface area contributed by atoms with Crippen LogP contribution in [-0.2, 0) is 0 Å². The van der Waals surface area contributed by atoms with Gasteiger partial charge in [0.15, 0.2) is 7.28 Å². The fraction of sp³-hybridized carbons (Fsp3) is 0.143. The monoisotopic (exact) mass is 116 g/mol. The van der Waals surface area contributed by atoms with Gasteiger partial charge in [0.05, 0.1) is 0 Å². The predicted octanol–water partition coefficient (Wildman–Crippen LogP) is 0.637. The Kier molecular flexibility index (Phi) is 0.837. The molecule has 0 amide bonds. The molecule has 2 rings (SSSR count). The number of hydrogen-bond acceptors (Lipinski definition) is 0. The maximum atomic E-state index is 3.24. The fourth-order valence-corrected chi connectivity index (χ4v) is 1.16. The minimum Gasteiger partial charge on any atom is -0.360 e. The van der Waals surface area contributed by atoms with Crippen molar-refractivity contribution < 1.29 is 0 Å². The Morgan fingerprint density at radius 3 is 3.22 bits per heavy atom. The van der Waals surface area contributed by atoms with E-state index in [1.165, 1.54) is 16.9 Å². The molecule has 0 fully saturated rings. The maximum absolute atomic E-state index is 3.24. The molecule has 9 heavy (non-hydrogen) atoms. The van der Waals surface area contributed by atoms with Gasteiger partial charge in [0.1, 0.15) is 0 Å². The first-order valence-corrected chi connectivity index (χ1v) is 3.07. The van der Waals surface area contributed by atoms with Gasteiger partial charge in [-0.1, -0.05) is 11.5 Å². The average molecular weight is 116 g/mol. The van der Waals surface area contributed by atoms with Crippen molar-refractivity contribution >= 4 is 18.8 Å². The second-order valence-electron chi connectivity index (χ2n) is 2.35. The van der Waals surface area contributed by atoms with Gasteiger partial charge in [-0.05, 0) is 13.0 Å². The first-order chi connectivity index (χ1) is 4.36. The smallest absolute Gasteiger partial charge is 0.184 e. The minimum absolute atomic E-state index is 1.24. The largest absolute Gasteiger partial charge is 0.360 e. The Morgan fingerprint density at radius 2 is 2.44 bits per heavy atom. The minimum atomic E-state index is 1.24. The van der Waals surface area contributed by atoms with E-state index in [-0.39, 0.29) is 0 Å². The van der Waals surface area contributed by atoms with Gasteiger partial charge < -0.3 is 4.98 Å². The summed E-state index contributed by atoms with van der Waals surface area (Å²) in [6, 6.07) is 2.15. The van der Waals surface area contributed by atoms with Crippen molar-refractivity contribution in [1.29, 1.82) is 0 Å². The van der Waals surface area contributed by atoms with Crippen LogP contribution in [0.5, 0.6) is 0 Å². The topological polar surface area (TPSA) is 15.8 Å². The van der Waals surface area contributed by atoms with E-state index in [1.54, 1.807) is 0 Å². The van der Waals surface area contributed by atoms with Crippen LogP contribution >= 0.6 is 0 Å².